The van der Waals surface area contributed by atoms with Crippen molar-refractivity contribution in [1.82, 2.24) is 4.98 Å². The number of fused-ring (bicyclic) bond motifs is 3. The number of pyridine rings is 1. The van der Waals surface area contributed by atoms with E-state index >= 15 is 0 Å². The molecule has 0 spiro atoms. The number of phenolic OH excluding ortho intramolecular Hbond substituents is 1. The summed E-state index contributed by atoms with van der Waals surface area (Å²) in [4.78, 5) is 4.27. The van der Waals surface area contributed by atoms with Gasteiger partial charge in [0.1, 0.15) is 6.10 Å². The van der Waals surface area contributed by atoms with E-state index in [0.717, 1.165) is 11.1 Å². The molecule has 0 fully saturated rings. The van der Waals surface area contributed by atoms with Gasteiger partial charge in [-0.15, -0.1) is 0 Å². The minimum atomic E-state index is -0.736. The number of benzene rings is 1. The third-order valence-corrected chi connectivity index (χ3v) is 3.41. The number of ether oxygens (including phenoxy) is 1. The van der Waals surface area contributed by atoms with Gasteiger partial charge in [0.2, 0.25) is 0 Å². The first kappa shape index (κ1) is 11.0. The Morgan fingerprint density at radius 3 is 2.78 bits per heavy atom. The topological polar surface area (TPSA) is 62.6 Å². The Hall–Kier alpha value is -2.07. The molecule has 1 aromatic heterocycles. The molecule has 0 radical (unpaired) electrons. The lowest BCUT2D eigenvalue weighted by Crippen LogP contribution is -1.97. The molecule has 4 heteroatoms. The molecular weight excluding hydrogens is 230 g/mol. The third-order valence-electron chi connectivity index (χ3n) is 3.41. The van der Waals surface area contributed by atoms with Crippen molar-refractivity contribution in [2.45, 2.75) is 13.0 Å². The lowest BCUT2D eigenvalue weighted by atomic mass is 10.1. The monoisotopic (exact) mass is 243 g/mol. The molecule has 0 amide bonds. The number of methoxy groups -OCH3 is 1. The first-order chi connectivity index (χ1) is 8.65. The number of aryl methyl sites for hydroxylation is 1. The van der Waals surface area contributed by atoms with Gasteiger partial charge in [-0.3, -0.25) is 4.98 Å². The number of aliphatic hydroxyl groups excluding tert-OH is 1. The van der Waals surface area contributed by atoms with E-state index in [2.05, 4.69) is 4.98 Å². The zero-order valence-corrected chi connectivity index (χ0v) is 10.1. The van der Waals surface area contributed by atoms with E-state index < -0.39 is 6.10 Å². The Labute approximate surface area is 104 Å². The molecule has 0 saturated carbocycles. The van der Waals surface area contributed by atoms with Crippen LogP contribution < -0.4 is 4.74 Å². The van der Waals surface area contributed by atoms with E-state index in [0.29, 0.717) is 22.6 Å². The normalized spacial score (nSPS) is 16.3. The summed E-state index contributed by atoms with van der Waals surface area (Å²) in [5.41, 5.74) is 3.60. The lowest BCUT2D eigenvalue weighted by molar-refractivity contribution is 0.224. The van der Waals surface area contributed by atoms with Gasteiger partial charge in [0.05, 0.1) is 18.4 Å². The first-order valence-electron chi connectivity index (χ1n) is 5.69. The zero-order valence-electron chi connectivity index (χ0n) is 10.1. The minimum Gasteiger partial charge on any atom is -0.504 e. The van der Waals surface area contributed by atoms with Crippen LogP contribution in [0.15, 0.2) is 24.4 Å². The van der Waals surface area contributed by atoms with Crippen molar-refractivity contribution >= 4 is 0 Å². The highest BCUT2D eigenvalue weighted by molar-refractivity contribution is 5.83. The van der Waals surface area contributed by atoms with Gasteiger partial charge in [0.15, 0.2) is 11.5 Å². The molecule has 1 heterocycles. The smallest absolute Gasteiger partial charge is 0.167 e. The largest absolute Gasteiger partial charge is 0.504 e. The predicted octanol–water partition coefficient (Wildman–Crippen LogP) is 2.17. The summed E-state index contributed by atoms with van der Waals surface area (Å²) >= 11 is 0. The average molecular weight is 243 g/mol. The number of rotatable bonds is 1. The number of hydrogen-bond acceptors (Lipinski definition) is 4. The summed E-state index contributed by atoms with van der Waals surface area (Å²) in [5.74, 6) is 0.419. The molecule has 0 aliphatic heterocycles. The quantitative estimate of drug-likeness (QED) is 0.805. The second-order valence-electron chi connectivity index (χ2n) is 4.37. The Kier molecular flexibility index (Phi) is 2.28. The van der Waals surface area contributed by atoms with Crippen LogP contribution >= 0.6 is 0 Å². The molecule has 2 N–H and O–H groups in total. The number of hydrogen-bond donors (Lipinski definition) is 2. The van der Waals surface area contributed by atoms with Crippen LogP contribution in [0.5, 0.6) is 11.5 Å². The Morgan fingerprint density at radius 2 is 2.06 bits per heavy atom. The van der Waals surface area contributed by atoms with Crippen molar-refractivity contribution < 1.29 is 14.9 Å². The standard InChI is InChI=1S/C14H13NO3/c1-7-5-6-15-12-10(7)13(16)8-3-4-9(18-2)14(17)11(8)12/h3-6,13,16-17H,1-2H3/t13-/m1/s1. The lowest BCUT2D eigenvalue weighted by Gasteiger charge is -2.09. The minimum absolute atomic E-state index is 0.0332. The van der Waals surface area contributed by atoms with Gasteiger partial charge in [-0.05, 0) is 30.2 Å². The molecule has 2 aromatic rings. The third kappa shape index (κ3) is 1.26. The second kappa shape index (κ2) is 3.71. The van der Waals surface area contributed by atoms with Crippen molar-refractivity contribution in [3.05, 3.63) is 41.1 Å². The average Bonchev–Trinajstić information content (AvgIpc) is 2.66. The van der Waals surface area contributed by atoms with Crippen LogP contribution in [0, 0.1) is 6.92 Å². The molecule has 1 atom stereocenters. The second-order valence-corrected chi connectivity index (χ2v) is 4.37. The fraction of sp³-hybridized carbons (Fsp3) is 0.214. The van der Waals surface area contributed by atoms with E-state index in [1.54, 1.807) is 18.3 Å². The van der Waals surface area contributed by atoms with Crippen molar-refractivity contribution in [3.63, 3.8) is 0 Å². The summed E-state index contributed by atoms with van der Waals surface area (Å²) in [6, 6.07) is 5.26. The summed E-state index contributed by atoms with van der Waals surface area (Å²) in [5, 5.41) is 20.5. The highest BCUT2D eigenvalue weighted by Gasteiger charge is 2.33. The molecule has 18 heavy (non-hydrogen) atoms. The number of phenols is 1. The van der Waals surface area contributed by atoms with Crippen LogP contribution in [0.3, 0.4) is 0 Å². The fourth-order valence-electron chi connectivity index (χ4n) is 2.50. The highest BCUT2D eigenvalue weighted by Crippen LogP contribution is 2.50. The zero-order chi connectivity index (χ0) is 12.9. The van der Waals surface area contributed by atoms with Crippen molar-refractivity contribution in [1.29, 1.82) is 0 Å². The number of nitrogens with zero attached hydrogens (tertiary/aromatic N) is 1. The van der Waals surface area contributed by atoms with Gasteiger partial charge in [-0.25, -0.2) is 0 Å². The molecule has 0 bridgehead atoms. The summed E-state index contributed by atoms with van der Waals surface area (Å²) in [6.45, 7) is 1.92. The molecule has 4 nitrogen and oxygen atoms in total. The van der Waals surface area contributed by atoms with E-state index in [4.69, 9.17) is 4.74 Å². The van der Waals surface area contributed by atoms with Crippen molar-refractivity contribution in [2.24, 2.45) is 0 Å². The maximum atomic E-state index is 10.3. The van der Waals surface area contributed by atoms with Crippen molar-refractivity contribution in [2.75, 3.05) is 7.11 Å². The predicted molar refractivity (Wildman–Crippen MR) is 66.7 cm³/mol. The van der Waals surface area contributed by atoms with E-state index in [1.807, 2.05) is 13.0 Å². The highest BCUT2D eigenvalue weighted by atomic mass is 16.5. The van der Waals surface area contributed by atoms with Gasteiger partial charge in [-0.1, -0.05) is 6.07 Å². The molecule has 1 aromatic carbocycles. The van der Waals surface area contributed by atoms with E-state index in [9.17, 15) is 10.2 Å². The molecular formula is C14H13NO3. The summed E-state index contributed by atoms with van der Waals surface area (Å²) in [6.07, 6.45) is 0.940. The van der Waals surface area contributed by atoms with Crippen LogP contribution in [-0.4, -0.2) is 22.3 Å². The molecule has 1 aliphatic carbocycles. The molecule has 0 saturated heterocycles. The van der Waals surface area contributed by atoms with Gasteiger partial charge in [0.25, 0.3) is 0 Å². The van der Waals surface area contributed by atoms with Crippen LogP contribution in [0.25, 0.3) is 11.3 Å². The van der Waals surface area contributed by atoms with Gasteiger partial charge < -0.3 is 14.9 Å². The van der Waals surface area contributed by atoms with E-state index in [-0.39, 0.29) is 5.75 Å². The fourth-order valence-corrected chi connectivity index (χ4v) is 2.50. The number of aromatic nitrogens is 1. The molecule has 3 rings (SSSR count). The summed E-state index contributed by atoms with van der Waals surface area (Å²) in [7, 11) is 1.50. The van der Waals surface area contributed by atoms with Crippen LogP contribution in [0.4, 0.5) is 0 Å². The van der Waals surface area contributed by atoms with Crippen LogP contribution in [-0.2, 0) is 0 Å². The van der Waals surface area contributed by atoms with Crippen molar-refractivity contribution in [3.8, 4) is 22.8 Å². The van der Waals surface area contributed by atoms with Gasteiger partial charge >= 0.3 is 0 Å². The van der Waals surface area contributed by atoms with E-state index in [1.165, 1.54) is 7.11 Å². The maximum Gasteiger partial charge on any atom is 0.167 e. The van der Waals surface area contributed by atoms with Gasteiger partial charge in [-0.2, -0.15) is 0 Å². The van der Waals surface area contributed by atoms with Gasteiger partial charge in [0, 0.05) is 11.8 Å². The Morgan fingerprint density at radius 1 is 1.28 bits per heavy atom. The Bertz CT molecular complexity index is 637. The SMILES string of the molecule is COc1ccc2c(c1O)-c1nccc(C)c1[C@@H]2O. The molecule has 92 valence electrons. The maximum absolute atomic E-state index is 10.3. The first-order valence-corrected chi connectivity index (χ1v) is 5.69. The van der Waals surface area contributed by atoms with Crippen LogP contribution in [0.2, 0.25) is 0 Å². The Balaban J connectivity index is 2.36. The molecule has 1 aliphatic rings. The number of aromatic hydroxyl groups is 1. The number of aliphatic hydroxyl groups is 1. The summed E-state index contributed by atoms with van der Waals surface area (Å²) < 4.78 is 5.09. The molecule has 0 unspecified atom stereocenters. The van der Waals surface area contributed by atoms with Crippen LogP contribution in [0.1, 0.15) is 22.8 Å².